The van der Waals surface area contributed by atoms with Crippen LogP contribution in [0.2, 0.25) is 0 Å². The monoisotopic (exact) mass is 245 g/mol. The Hall–Kier alpha value is -1.93. The Morgan fingerprint density at radius 3 is 2.89 bits per heavy atom. The molecule has 1 fully saturated rings. The van der Waals surface area contributed by atoms with Crippen LogP contribution in [0.3, 0.4) is 0 Å². The zero-order valence-corrected chi connectivity index (χ0v) is 10.3. The highest BCUT2D eigenvalue weighted by Gasteiger charge is 2.40. The van der Waals surface area contributed by atoms with Crippen LogP contribution in [0.5, 0.6) is 0 Å². The fraction of sp³-hybridized carbons (Fsp3) is 0.462. The first kappa shape index (κ1) is 12.5. The Bertz CT molecular complexity index is 487. The van der Waals surface area contributed by atoms with Gasteiger partial charge in [-0.2, -0.15) is 5.26 Å². The number of amides is 1. The van der Waals surface area contributed by atoms with E-state index in [9.17, 15) is 10.1 Å². The second kappa shape index (κ2) is 5.15. The molecule has 1 saturated heterocycles. The summed E-state index contributed by atoms with van der Waals surface area (Å²) in [6, 6.07) is 5.64. The Labute approximate surface area is 106 Å². The summed E-state index contributed by atoms with van der Waals surface area (Å²) >= 11 is 0. The quantitative estimate of drug-likeness (QED) is 0.859. The summed E-state index contributed by atoms with van der Waals surface area (Å²) in [4.78, 5) is 16.3. The second-order valence-corrected chi connectivity index (χ2v) is 4.45. The molecule has 18 heavy (non-hydrogen) atoms. The highest BCUT2D eigenvalue weighted by Crippen LogP contribution is 2.31. The van der Waals surface area contributed by atoms with Crippen LogP contribution < -0.4 is 5.32 Å². The molecule has 5 heteroatoms. The van der Waals surface area contributed by atoms with Crippen LogP contribution in [-0.4, -0.2) is 24.1 Å². The molecular formula is C13H15N3O2. The van der Waals surface area contributed by atoms with E-state index in [4.69, 9.17) is 4.74 Å². The number of nitriles is 1. The topological polar surface area (TPSA) is 75.0 Å². The summed E-state index contributed by atoms with van der Waals surface area (Å²) in [7, 11) is 0. The fourth-order valence-corrected chi connectivity index (χ4v) is 1.98. The van der Waals surface area contributed by atoms with Crippen LogP contribution in [0.15, 0.2) is 18.3 Å². The Kier molecular flexibility index (Phi) is 3.58. The standard InChI is InChI=1S/C13H15N3O2/c1-10-8-11(2-5-15-10)16-12(17)13(9-14)3-6-18-7-4-13/h2,5,8H,3-4,6-7H2,1H3,(H,15,16,17). The summed E-state index contributed by atoms with van der Waals surface area (Å²) in [6.45, 7) is 2.76. The molecule has 1 N–H and O–H groups in total. The lowest BCUT2D eigenvalue weighted by atomic mass is 9.81. The Balaban J connectivity index is 2.13. The summed E-state index contributed by atoms with van der Waals surface area (Å²) in [5.41, 5.74) is 0.537. The van der Waals surface area contributed by atoms with Crippen molar-refractivity contribution >= 4 is 11.6 Å². The number of hydrogen-bond acceptors (Lipinski definition) is 4. The average molecular weight is 245 g/mol. The predicted octanol–water partition coefficient (Wildman–Crippen LogP) is 1.65. The molecule has 0 saturated carbocycles. The minimum atomic E-state index is -0.963. The van der Waals surface area contributed by atoms with Crippen molar-refractivity contribution in [3.63, 3.8) is 0 Å². The van der Waals surface area contributed by atoms with Gasteiger partial charge < -0.3 is 10.1 Å². The molecule has 5 nitrogen and oxygen atoms in total. The number of carbonyl (C=O) groups excluding carboxylic acids is 1. The van der Waals surface area contributed by atoms with Crippen molar-refractivity contribution in [3.8, 4) is 6.07 Å². The van der Waals surface area contributed by atoms with Gasteiger partial charge in [0.2, 0.25) is 5.91 Å². The van der Waals surface area contributed by atoms with Gasteiger partial charge in [0.1, 0.15) is 5.41 Å². The van der Waals surface area contributed by atoms with Crippen molar-refractivity contribution in [1.82, 2.24) is 4.98 Å². The average Bonchev–Trinajstić information content (AvgIpc) is 2.39. The van der Waals surface area contributed by atoms with E-state index in [1.54, 1.807) is 18.3 Å². The van der Waals surface area contributed by atoms with Gasteiger partial charge in [0, 0.05) is 30.8 Å². The molecule has 94 valence electrons. The molecule has 2 rings (SSSR count). The third-order valence-electron chi connectivity index (χ3n) is 3.15. The van der Waals surface area contributed by atoms with E-state index >= 15 is 0 Å². The number of hydrogen-bond donors (Lipinski definition) is 1. The number of nitrogens with zero attached hydrogens (tertiary/aromatic N) is 2. The second-order valence-electron chi connectivity index (χ2n) is 4.45. The molecule has 0 aliphatic carbocycles. The van der Waals surface area contributed by atoms with Crippen molar-refractivity contribution < 1.29 is 9.53 Å². The summed E-state index contributed by atoms with van der Waals surface area (Å²) in [5, 5.41) is 12.1. The number of carbonyl (C=O) groups is 1. The first-order chi connectivity index (χ1) is 8.66. The van der Waals surface area contributed by atoms with Crippen LogP contribution in [-0.2, 0) is 9.53 Å². The van der Waals surface area contributed by atoms with Crippen LogP contribution in [0, 0.1) is 23.7 Å². The minimum absolute atomic E-state index is 0.251. The molecule has 2 heterocycles. The molecule has 0 spiro atoms. The van der Waals surface area contributed by atoms with Gasteiger partial charge in [-0.3, -0.25) is 9.78 Å². The summed E-state index contributed by atoms with van der Waals surface area (Å²) in [5.74, 6) is -0.251. The first-order valence-electron chi connectivity index (χ1n) is 5.89. The maximum absolute atomic E-state index is 12.2. The zero-order valence-electron chi connectivity index (χ0n) is 10.3. The lowest BCUT2D eigenvalue weighted by molar-refractivity contribution is -0.126. The normalized spacial score (nSPS) is 17.8. The molecule has 0 radical (unpaired) electrons. The smallest absolute Gasteiger partial charge is 0.245 e. The molecule has 1 aliphatic rings. The predicted molar refractivity (Wildman–Crippen MR) is 65.7 cm³/mol. The highest BCUT2D eigenvalue weighted by atomic mass is 16.5. The maximum atomic E-state index is 12.2. The van der Waals surface area contributed by atoms with Gasteiger partial charge >= 0.3 is 0 Å². The van der Waals surface area contributed by atoms with E-state index in [-0.39, 0.29) is 5.91 Å². The largest absolute Gasteiger partial charge is 0.381 e. The van der Waals surface area contributed by atoms with E-state index in [0.717, 1.165) is 5.69 Å². The van der Waals surface area contributed by atoms with E-state index in [1.807, 2.05) is 6.92 Å². The van der Waals surface area contributed by atoms with Gasteiger partial charge in [-0.05, 0) is 31.9 Å². The van der Waals surface area contributed by atoms with Gasteiger partial charge in [0.05, 0.1) is 6.07 Å². The van der Waals surface area contributed by atoms with Crippen LogP contribution in [0.4, 0.5) is 5.69 Å². The molecule has 0 aromatic carbocycles. The number of aryl methyl sites for hydroxylation is 1. The summed E-state index contributed by atoms with van der Waals surface area (Å²) in [6.07, 6.45) is 2.52. The third-order valence-corrected chi connectivity index (χ3v) is 3.15. The number of ether oxygens (including phenoxy) is 1. The Morgan fingerprint density at radius 1 is 1.56 bits per heavy atom. The maximum Gasteiger partial charge on any atom is 0.245 e. The van der Waals surface area contributed by atoms with E-state index in [1.165, 1.54) is 0 Å². The number of rotatable bonds is 2. The Morgan fingerprint density at radius 2 is 2.28 bits per heavy atom. The van der Waals surface area contributed by atoms with Gasteiger partial charge in [0.15, 0.2) is 0 Å². The molecule has 0 atom stereocenters. The molecular weight excluding hydrogens is 230 g/mol. The molecule has 1 aromatic heterocycles. The summed E-state index contributed by atoms with van der Waals surface area (Å²) < 4.78 is 5.20. The lowest BCUT2D eigenvalue weighted by Gasteiger charge is -2.29. The number of pyridine rings is 1. The van der Waals surface area contributed by atoms with E-state index in [0.29, 0.717) is 31.7 Å². The van der Waals surface area contributed by atoms with E-state index in [2.05, 4.69) is 16.4 Å². The molecule has 1 aliphatic heterocycles. The fourth-order valence-electron chi connectivity index (χ4n) is 1.98. The van der Waals surface area contributed by atoms with Crippen molar-refractivity contribution in [2.75, 3.05) is 18.5 Å². The number of aromatic nitrogens is 1. The van der Waals surface area contributed by atoms with Gasteiger partial charge in [-0.1, -0.05) is 0 Å². The lowest BCUT2D eigenvalue weighted by Crippen LogP contribution is -2.39. The van der Waals surface area contributed by atoms with Gasteiger partial charge in [-0.15, -0.1) is 0 Å². The molecule has 0 bridgehead atoms. The third kappa shape index (κ3) is 2.49. The van der Waals surface area contributed by atoms with Crippen molar-refractivity contribution in [2.45, 2.75) is 19.8 Å². The van der Waals surface area contributed by atoms with Crippen molar-refractivity contribution in [1.29, 1.82) is 5.26 Å². The van der Waals surface area contributed by atoms with Crippen LogP contribution in [0.1, 0.15) is 18.5 Å². The van der Waals surface area contributed by atoms with Crippen LogP contribution >= 0.6 is 0 Å². The first-order valence-corrected chi connectivity index (χ1v) is 5.89. The van der Waals surface area contributed by atoms with Crippen molar-refractivity contribution in [2.24, 2.45) is 5.41 Å². The highest BCUT2D eigenvalue weighted by molar-refractivity contribution is 5.97. The van der Waals surface area contributed by atoms with Gasteiger partial charge in [0.25, 0.3) is 0 Å². The zero-order chi connectivity index (χ0) is 13.0. The number of anilines is 1. The van der Waals surface area contributed by atoms with Crippen LogP contribution in [0.25, 0.3) is 0 Å². The van der Waals surface area contributed by atoms with Crippen molar-refractivity contribution in [3.05, 3.63) is 24.0 Å². The molecule has 0 unspecified atom stereocenters. The van der Waals surface area contributed by atoms with E-state index < -0.39 is 5.41 Å². The minimum Gasteiger partial charge on any atom is -0.381 e. The molecule has 1 aromatic rings. The van der Waals surface area contributed by atoms with Gasteiger partial charge in [-0.25, -0.2) is 0 Å². The SMILES string of the molecule is Cc1cc(NC(=O)C2(C#N)CCOCC2)ccn1. The molecule has 1 amide bonds. The number of nitrogens with one attached hydrogen (secondary N) is 1.